The first-order valence-electron chi connectivity index (χ1n) is 5.41. The Balaban J connectivity index is 2.70. The first kappa shape index (κ1) is 11.4. The van der Waals surface area contributed by atoms with Crippen LogP contribution in [-0.4, -0.2) is 30.3 Å². The standard InChI is InChI=1S/C12H21NO/c1-5-13-8-6-7-10(9-13)11(14)12(2,3)4/h7H,5-6,8-9H2,1-4H3. The van der Waals surface area contributed by atoms with Crippen molar-refractivity contribution in [2.45, 2.75) is 34.1 Å². The fourth-order valence-electron chi connectivity index (χ4n) is 1.72. The third kappa shape index (κ3) is 2.68. The zero-order valence-electron chi connectivity index (χ0n) is 9.76. The van der Waals surface area contributed by atoms with E-state index in [2.05, 4.69) is 17.9 Å². The number of Topliss-reactive ketones (excluding diaryl/α,β-unsaturated/α-hetero) is 1. The Morgan fingerprint density at radius 2 is 2.14 bits per heavy atom. The highest BCUT2D eigenvalue weighted by atomic mass is 16.1. The number of hydrogen-bond donors (Lipinski definition) is 0. The number of likely N-dealkylation sites (N-methyl/N-ethyl adjacent to an activating group) is 1. The second-order valence-corrected chi connectivity index (χ2v) is 4.97. The molecule has 0 radical (unpaired) electrons. The molecule has 14 heavy (non-hydrogen) atoms. The molecular weight excluding hydrogens is 174 g/mol. The topological polar surface area (TPSA) is 20.3 Å². The Bertz CT molecular complexity index is 248. The van der Waals surface area contributed by atoms with Gasteiger partial charge in [0.25, 0.3) is 0 Å². The summed E-state index contributed by atoms with van der Waals surface area (Å²) >= 11 is 0. The van der Waals surface area contributed by atoms with Crippen molar-refractivity contribution < 1.29 is 4.79 Å². The normalized spacial score (nSPS) is 19.3. The first-order chi connectivity index (χ1) is 6.45. The summed E-state index contributed by atoms with van der Waals surface area (Å²) in [5.41, 5.74) is 0.772. The molecule has 80 valence electrons. The summed E-state index contributed by atoms with van der Waals surface area (Å²) in [6.07, 6.45) is 3.13. The Morgan fingerprint density at radius 1 is 1.50 bits per heavy atom. The van der Waals surface area contributed by atoms with Crippen molar-refractivity contribution >= 4 is 5.78 Å². The van der Waals surface area contributed by atoms with E-state index >= 15 is 0 Å². The Hall–Kier alpha value is -0.630. The lowest BCUT2D eigenvalue weighted by atomic mass is 9.85. The average molecular weight is 195 g/mol. The van der Waals surface area contributed by atoms with Crippen molar-refractivity contribution in [3.8, 4) is 0 Å². The molecule has 0 bridgehead atoms. The van der Waals surface area contributed by atoms with Crippen molar-refractivity contribution in [1.82, 2.24) is 4.90 Å². The minimum Gasteiger partial charge on any atom is -0.299 e. The van der Waals surface area contributed by atoms with E-state index in [0.717, 1.165) is 31.6 Å². The van der Waals surface area contributed by atoms with Gasteiger partial charge in [0.05, 0.1) is 0 Å². The Morgan fingerprint density at radius 3 is 2.64 bits per heavy atom. The molecule has 0 atom stereocenters. The molecule has 0 saturated heterocycles. The van der Waals surface area contributed by atoms with Crippen LogP contribution in [0.4, 0.5) is 0 Å². The first-order valence-corrected chi connectivity index (χ1v) is 5.41. The summed E-state index contributed by atoms with van der Waals surface area (Å²) in [6.45, 7) is 11.1. The van der Waals surface area contributed by atoms with Crippen LogP contribution in [0.25, 0.3) is 0 Å². The minimum atomic E-state index is -0.234. The summed E-state index contributed by atoms with van der Waals surface area (Å²) in [5, 5.41) is 0. The highest BCUT2D eigenvalue weighted by Gasteiger charge is 2.26. The van der Waals surface area contributed by atoms with Crippen LogP contribution in [0.5, 0.6) is 0 Å². The molecule has 0 amide bonds. The van der Waals surface area contributed by atoms with Crippen molar-refractivity contribution in [1.29, 1.82) is 0 Å². The summed E-state index contributed by atoms with van der Waals surface area (Å²) in [6, 6.07) is 0. The number of hydrogen-bond acceptors (Lipinski definition) is 2. The smallest absolute Gasteiger partial charge is 0.165 e. The molecule has 0 aromatic carbocycles. The maximum absolute atomic E-state index is 12.0. The lowest BCUT2D eigenvalue weighted by molar-refractivity contribution is -0.122. The van der Waals surface area contributed by atoms with E-state index in [9.17, 15) is 4.79 Å². The third-order valence-corrected chi connectivity index (χ3v) is 2.65. The van der Waals surface area contributed by atoms with E-state index in [4.69, 9.17) is 0 Å². The highest BCUT2D eigenvalue weighted by Crippen LogP contribution is 2.22. The van der Waals surface area contributed by atoms with Gasteiger partial charge < -0.3 is 0 Å². The molecule has 1 rings (SSSR count). The van der Waals surface area contributed by atoms with Crippen LogP contribution in [0.1, 0.15) is 34.1 Å². The van der Waals surface area contributed by atoms with Crippen LogP contribution in [0.15, 0.2) is 11.6 Å². The van der Waals surface area contributed by atoms with Gasteiger partial charge in [-0.05, 0) is 13.0 Å². The Kier molecular flexibility index (Phi) is 3.48. The van der Waals surface area contributed by atoms with E-state index in [0.29, 0.717) is 5.78 Å². The summed E-state index contributed by atoms with van der Waals surface area (Å²) in [7, 11) is 0. The van der Waals surface area contributed by atoms with E-state index in [1.54, 1.807) is 0 Å². The molecule has 1 aliphatic rings. The average Bonchev–Trinajstić information content (AvgIpc) is 2.15. The lowest BCUT2D eigenvalue weighted by Gasteiger charge is -2.28. The number of ketones is 1. The second kappa shape index (κ2) is 4.26. The molecule has 0 unspecified atom stereocenters. The van der Waals surface area contributed by atoms with Gasteiger partial charge in [0.15, 0.2) is 5.78 Å². The van der Waals surface area contributed by atoms with Crippen LogP contribution in [0.2, 0.25) is 0 Å². The van der Waals surface area contributed by atoms with Crippen molar-refractivity contribution in [2.24, 2.45) is 5.41 Å². The van der Waals surface area contributed by atoms with E-state index < -0.39 is 0 Å². The second-order valence-electron chi connectivity index (χ2n) is 4.97. The lowest BCUT2D eigenvalue weighted by Crippen LogP contribution is -2.35. The van der Waals surface area contributed by atoms with Gasteiger partial charge in [0.1, 0.15) is 0 Å². The zero-order chi connectivity index (χ0) is 10.8. The fourth-order valence-corrected chi connectivity index (χ4v) is 1.72. The van der Waals surface area contributed by atoms with Gasteiger partial charge in [-0.1, -0.05) is 33.8 Å². The van der Waals surface area contributed by atoms with Gasteiger partial charge in [-0.25, -0.2) is 0 Å². The van der Waals surface area contributed by atoms with Gasteiger partial charge in [0, 0.05) is 24.1 Å². The Labute approximate surface area is 87.0 Å². The van der Waals surface area contributed by atoms with Crippen LogP contribution >= 0.6 is 0 Å². The predicted octanol–water partition coefficient (Wildman–Crippen LogP) is 2.25. The maximum atomic E-state index is 12.0. The molecule has 0 aromatic rings. The predicted molar refractivity (Wildman–Crippen MR) is 59.3 cm³/mol. The van der Waals surface area contributed by atoms with Crippen LogP contribution in [0.3, 0.4) is 0 Å². The van der Waals surface area contributed by atoms with Gasteiger partial charge in [-0.2, -0.15) is 0 Å². The van der Waals surface area contributed by atoms with Crippen molar-refractivity contribution in [3.05, 3.63) is 11.6 Å². The number of nitrogens with zero attached hydrogens (tertiary/aromatic N) is 1. The summed E-state index contributed by atoms with van der Waals surface area (Å²) in [4.78, 5) is 14.3. The van der Waals surface area contributed by atoms with E-state index in [1.807, 2.05) is 20.8 Å². The maximum Gasteiger partial charge on any atom is 0.165 e. The fraction of sp³-hybridized carbons (Fsp3) is 0.750. The van der Waals surface area contributed by atoms with Gasteiger partial charge in [-0.15, -0.1) is 0 Å². The molecule has 2 heteroatoms. The molecule has 0 spiro atoms. The SMILES string of the molecule is CCN1CCC=C(C(=O)C(C)(C)C)C1. The molecule has 1 heterocycles. The molecule has 0 aromatic heterocycles. The quantitative estimate of drug-likeness (QED) is 0.673. The molecule has 2 nitrogen and oxygen atoms in total. The molecule has 0 fully saturated rings. The van der Waals surface area contributed by atoms with Crippen molar-refractivity contribution in [3.63, 3.8) is 0 Å². The zero-order valence-corrected chi connectivity index (χ0v) is 9.76. The van der Waals surface area contributed by atoms with Gasteiger partial charge >= 0.3 is 0 Å². The summed E-state index contributed by atoms with van der Waals surface area (Å²) in [5.74, 6) is 0.302. The number of carbonyl (C=O) groups is 1. The van der Waals surface area contributed by atoms with Crippen LogP contribution < -0.4 is 0 Å². The molecule has 0 N–H and O–H groups in total. The van der Waals surface area contributed by atoms with Crippen LogP contribution in [-0.2, 0) is 4.79 Å². The monoisotopic (exact) mass is 195 g/mol. The summed E-state index contributed by atoms with van der Waals surface area (Å²) < 4.78 is 0. The third-order valence-electron chi connectivity index (χ3n) is 2.65. The molecule has 0 saturated carbocycles. The molecule has 1 aliphatic heterocycles. The molecular formula is C12H21NO. The number of rotatable bonds is 2. The number of carbonyl (C=O) groups excluding carboxylic acids is 1. The van der Waals surface area contributed by atoms with E-state index in [1.165, 1.54) is 0 Å². The highest BCUT2D eigenvalue weighted by molar-refractivity contribution is 5.99. The van der Waals surface area contributed by atoms with Crippen LogP contribution in [0, 0.1) is 5.41 Å². The largest absolute Gasteiger partial charge is 0.299 e. The minimum absolute atomic E-state index is 0.234. The van der Waals surface area contributed by atoms with Gasteiger partial charge in [-0.3, -0.25) is 9.69 Å². The molecule has 0 aliphatic carbocycles. The van der Waals surface area contributed by atoms with E-state index in [-0.39, 0.29) is 5.41 Å². The van der Waals surface area contributed by atoms with Crippen molar-refractivity contribution in [2.75, 3.05) is 19.6 Å². The van der Waals surface area contributed by atoms with Gasteiger partial charge in [0.2, 0.25) is 0 Å².